The molecule has 7 heteroatoms. The smallest absolute Gasteiger partial charge is 0.294 e. The Balaban J connectivity index is 1.97. The van der Waals surface area contributed by atoms with Crippen molar-refractivity contribution in [3.63, 3.8) is 0 Å². The topological polar surface area (TPSA) is 86.6 Å². The van der Waals surface area contributed by atoms with E-state index in [0.29, 0.717) is 4.87 Å². The zero-order valence-corrected chi connectivity index (χ0v) is 10.8. The minimum absolute atomic E-state index is 0.114. The fourth-order valence-electron chi connectivity index (χ4n) is 2.49. The molecular weight excluding hydrogens is 262 g/mol. The van der Waals surface area contributed by atoms with Gasteiger partial charge in [0.15, 0.2) is 10.9 Å². The van der Waals surface area contributed by atoms with Crippen LogP contribution in [0.2, 0.25) is 0 Å². The van der Waals surface area contributed by atoms with E-state index in [1.807, 2.05) is 6.92 Å². The van der Waals surface area contributed by atoms with Crippen molar-refractivity contribution in [3.8, 4) is 0 Å². The SMILES string of the molecule is Cc1ccc2c(c1)[N+](=O)N(C1CCC(=O)NC1=O)C2=O. The summed E-state index contributed by atoms with van der Waals surface area (Å²) < 4.78 is 0. The highest BCUT2D eigenvalue weighted by Gasteiger charge is 2.51. The van der Waals surface area contributed by atoms with Crippen molar-refractivity contribution in [2.75, 3.05) is 0 Å². The maximum absolute atomic E-state index is 12.3. The molecule has 0 bridgehead atoms. The van der Waals surface area contributed by atoms with Crippen LogP contribution in [0.4, 0.5) is 5.69 Å². The van der Waals surface area contributed by atoms with Crippen molar-refractivity contribution in [2.24, 2.45) is 0 Å². The van der Waals surface area contributed by atoms with Gasteiger partial charge in [0.2, 0.25) is 5.91 Å². The van der Waals surface area contributed by atoms with Crippen LogP contribution in [-0.2, 0) is 9.59 Å². The van der Waals surface area contributed by atoms with Gasteiger partial charge in [0.1, 0.15) is 5.56 Å². The molecule has 1 fully saturated rings. The van der Waals surface area contributed by atoms with Gasteiger partial charge in [-0.2, -0.15) is 0 Å². The first kappa shape index (κ1) is 12.5. The zero-order valence-electron chi connectivity index (χ0n) is 10.8. The summed E-state index contributed by atoms with van der Waals surface area (Å²) in [6.45, 7) is 1.81. The molecule has 1 unspecified atom stereocenters. The van der Waals surface area contributed by atoms with Crippen LogP contribution in [0.1, 0.15) is 28.8 Å². The number of hydrazine groups is 1. The molecule has 1 aromatic rings. The Morgan fingerprint density at radius 2 is 2.05 bits per heavy atom. The first-order valence-corrected chi connectivity index (χ1v) is 6.24. The van der Waals surface area contributed by atoms with Crippen LogP contribution in [0, 0.1) is 11.8 Å². The molecule has 7 nitrogen and oxygen atoms in total. The molecule has 1 aromatic carbocycles. The molecule has 0 radical (unpaired) electrons. The summed E-state index contributed by atoms with van der Waals surface area (Å²) >= 11 is 0. The highest BCUT2D eigenvalue weighted by molar-refractivity contribution is 6.05. The van der Waals surface area contributed by atoms with Crippen molar-refractivity contribution < 1.29 is 19.3 Å². The van der Waals surface area contributed by atoms with Gasteiger partial charge in [-0.3, -0.25) is 19.7 Å². The Morgan fingerprint density at radius 1 is 1.30 bits per heavy atom. The molecule has 1 N–H and O–H groups in total. The van der Waals surface area contributed by atoms with Gasteiger partial charge in [0, 0.05) is 12.5 Å². The predicted octanol–water partition coefficient (Wildman–Crippen LogP) is 0.581. The molecule has 1 atom stereocenters. The van der Waals surface area contributed by atoms with Crippen molar-refractivity contribution in [2.45, 2.75) is 25.8 Å². The molecule has 3 amide bonds. The number of fused-ring (bicyclic) bond motifs is 1. The molecule has 20 heavy (non-hydrogen) atoms. The highest BCUT2D eigenvalue weighted by atomic mass is 16.3. The van der Waals surface area contributed by atoms with Gasteiger partial charge in [0.05, 0.1) is 4.91 Å². The molecule has 3 rings (SSSR count). The fraction of sp³-hybridized carbons (Fsp3) is 0.308. The van der Waals surface area contributed by atoms with Crippen molar-refractivity contribution in [3.05, 3.63) is 34.2 Å². The number of aryl methyl sites for hydroxylation is 1. The summed E-state index contributed by atoms with van der Waals surface area (Å²) in [5.41, 5.74) is 1.36. The van der Waals surface area contributed by atoms with Crippen LogP contribution in [0.5, 0.6) is 0 Å². The van der Waals surface area contributed by atoms with E-state index in [9.17, 15) is 19.3 Å². The maximum Gasteiger partial charge on any atom is 0.320 e. The third-order valence-electron chi connectivity index (χ3n) is 3.50. The Kier molecular flexibility index (Phi) is 2.63. The maximum atomic E-state index is 12.3. The average molecular weight is 274 g/mol. The molecule has 0 aromatic heterocycles. The van der Waals surface area contributed by atoms with E-state index in [4.69, 9.17) is 0 Å². The average Bonchev–Trinajstić information content (AvgIpc) is 2.63. The number of imide groups is 1. The van der Waals surface area contributed by atoms with Crippen LogP contribution in [-0.4, -0.2) is 33.6 Å². The number of nitroso groups, excluding NO2 is 1. The van der Waals surface area contributed by atoms with Gasteiger partial charge in [-0.15, -0.1) is 0 Å². The minimum Gasteiger partial charge on any atom is -0.294 e. The number of piperidine rings is 1. The number of benzene rings is 1. The monoisotopic (exact) mass is 274 g/mol. The number of carbonyl (C=O) groups excluding carboxylic acids is 3. The van der Waals surface area contributed by atoms with E-state index < -0.39 is 17.9 Å². The van der Waals surface area contributed by atoms with E-state index in [2.05, 4.69) is 5.32 Å². The predicted molar refractivity (Wildman–Crippen MR) is 66.8 cm³/mol. The van der Waals surface area contributed by atoms with Crippen LogP contribution in [0.15, 0.2) is 18.2 Å². The molecule has 2 heterocycles. The second-order valence-electron chi connectivity index (χ2n) is 4.91. The van der Waals surface area contributed by atoms with Crippen LogP contribution in [0.3, 0.4) is 0 Å². The lowest BCUT2D eigenvalue weighted by atomic mass is 10.1. The third-order valence-corrected chi connectivity index (χ3v) is 3.50. The summed E-state index contributed by atoms with van der Waals surface area (Å²) in [5.74, 6) is -1.51. The van der Waals surface area contributed by atoms with E-state index in [1.54, 1.807) is 18.2 Å². The number of hydrogen-bond donors (Lipinski definition) is 1. The summed E-state index contributed by atoms with van der Waals surface area (Å²) in [6, 6.07) is 3.97. The standard InChI is InChI=1S/C13H11N3O4/c1-7-2-3-8-10(6-7)16(20)15(13(8)19)9-4-5-11(17)14-12(9)18/h2-3,6,9H,4-5H2,1H3/p+1. The van der Waals surface area contributed by atoms with Gasteiger partial charge in [-0.1, -0.05) is 6.07 Å². The van der Waals surface area contributed by atoms with Crippen LogP contribution in [0.25, 0.3) is 0 Å². The lowest BCUT2D eigenvalue weighted by Crippen LogP contribution is -2.54. The number of rotatable bonds is 1. The summed E-state index contributed by atoms with van der Waals surface area (Å²) in [6.07, 6.45) is 0.269. The molecule has 0 spiro atoms. The minimum atomic E-state index is -0.939. The number of nitrogens with one attached hydrogen (secondary N) is 1. The Morgan fingerprint density at radius 3 is 2.75 bits per heavy atom. The third kappa shape index (κ3) is 1.70. The first-order valence-electron chi connectivity index (χ1n) is 6.24. The molecule has 0 saturated carbocycles. The number of carbonyl (C=O) groups is 3. The Hall–Kier alpha value is -2.57. The van der Waals surface area contributed by atoms with Gasteiger partial charge in [0.25, 0.3) is 5.91 Å². The van der Waals surface area contributed by atoms with Crippen LogP contribution >= 0.6 is 0 Å². The van der Waals surface area contributed by atoms with Crippen LogP contribution < -0.4 is 5.32 Å². The lowest BCUT2D eigenvalue weighted by molar-refractivity contribution is -0.616. The second kappa shape index (κ2) is 4.22. The Bertz CT molecular complexity index is 668. The largest absolute Gasteiger partial charge is 0.320 e. The summed E-state index contributed by atoms with van der Waals surface area (Å²) in [7, 11) is 0. The van der Waals surface area contributed by atoms with E-state index in [-0.39, 0.29) is 30.0 Å². The molecule has 0 aliphatic carbocycles. The van der Waals surface area contributed by atoms with Crippen molar-refractivity contribution in [1.82, 2.24) is 10.3 Å². The van der Waals surface area contributed by atoms with E-state index >= 15 is 0 Å². The first-order chi connectivity index (χ1) is 9.49. The van der Waals surface area contributed by atoms with Gasteiger partial charge < -0.3 is 0 Å². The molecule has 2 aliphatic rings. The molecule has 1 saturated heterocycles. The number of amides is 3. The van der Waals surface area contributed by atoms with Crippen molar-refractivity contribution in [1.29, 1.82) is 0 Å². The summed E-state index contributed by atoms with van der Waals surface area (Å²) in [5, 5.41) is 3.03. The van der Waals surface area contributed by atoms with Crippen molar-refractivity contribution >= 4 is 23.4 Å². The lowest BCUT2D eigenvalue weighted by Gasteiger charge is -2.22. The van der Waals surface area contributed by atoms with Gasteiger partial charge in [-0.25, -0.2) is 0 Å². The number of nitrogens with zero attached hydrogens (tertiary/aromatic N) is 2. The molecule has 102 valence electrons. The highest BCUT2D eigenvalue weighted by Crippen LogP contribution is 2.32. The second-order valence-corrected chi connectivity index (χ2v) is 4.91. The Labute approximate surface area is 114 Å². The van der Waals surface area contributed by atoms with Gasteiger partial charge >= 0.3 is 11.6 Å². The molecular formula is C13H12N3O4+. The quantitative estimate of drug-likeness (QED) is 0.599. The summed E-state index contributed by atoms with van der Waals surface area (Å²) in [4.78, 5) is 47.9. The van der Waals surface area contributed by atoms with E-state index in [1.165, 1.54) is 0 Å². The van der Waals surface area contributed by atoms with E-state index in [0.717, 1.165) is 10.6 Å². The number of hydrogen-bond acceptors (Lipinski definition) is 4. The normalized spacial score (nSPS) is 22.1. The molecule has 2 aliphatic heterocycles. The van der Waals surface area contributed by atoms with Gasteiger partial charge in [-0.05, 0) is 30.0 Å². The fourth-order valence-corrected chi connectivity index (χ4v) is 2.49. The zero-order chi connectivity index (χ0) is 14.4.